The molecule has 5 heteroatoms. The van der Waals surface area contributed by atoms with Crippen molar-refractivity contribution >= 4 is 11.7 Å². The lowest BCUT2D eigenvalue weighted by molar-refractivity contribution is 0.406. The maximum absolute atomic E-state index is 5.40. The van der Waals surface area contributed by atoms with Gasteiger partial charge in [0.05, 0.1) is 36.8 Å². The van der Waals surface area contributed by atoms with Crippen molar-refractivity contribution in [1.82, 2.24) is 14.1 Å². The molecule has 0 amide bonds. The molecule has 1 aromatic heterocycles. The summed E-state index contributed by atoms with van der Waals surface area (Å²) in [6.45, 7) is 2.09. The van der Waals surface area contributed by atoms with Gasteiger partial charge in [0, 0.05) is 0 Å². The van der Waals surface area contributed by atoms with E-state index in [0.717, 1.165) is 17.9 Å². The van der Waals surface area contributed by atoms with Crippen LogP contribution in [0.15, 0.2) is 24.4 Å². The highest BCUT2D eigenvalue weighted by atomic mass is 32.1. The lowest BCUT2D eigenvalue weighted by Gasteiger charge is -2.16. The highest BCUT2D eigenvalue weighted by Gasteiger charge is 2.15. The third-order valence-electron chi connectivity index (χ3n) is 2.94. The number of rotatable bonds is 5. The van der Waals surface area contributed by atoms with Crippen molar-refractivity contribution in [3.05, 3.63) is 41.2 Å². The highest BCUT2D eigenvalue weighted by Crippen LogP contribution is 2.25. The maximum Gasteiger partial charge on any atom is 0.122 e. The Hall–Kier alpha value is -1.46. The minimum Gasteiger partial charge on any atom is -0.496 e. The van der Waals surface area contributed by atoms with Crippen molar-refractivity contribution < 1.29 is 4.74 Å². The average Bonchev–Trinajstić information content (AvgIpc) is 2.90. The third kappa shape index (κ3) is 2.86. The first-order valence-corrected chi connectivity index (χ1v) is 6.56. The molecule has 0 aliphatic carbocycles. The molecular formula is C13H17N3OS. The van der Waals surface area contributed by atoms with Gasteiger partial charge in [0.25, 0.3) is 0 Å². The topological polar surface area (TPSA) is 47.0 Å². The molecular weight excluding hydrogens is 246 g/mol. The van der Waals surface area contributed by atoms with Crippen molar-refractivity contribution in [1.29, 1.82) is 0 Å². The fourth-order valence-corrected chi connectivity index (χ4v) is 2.44. The predicted octanol–water partition coefficient (Wildman–Crippen LogP) is 2.36. The Labute approximate surface area is 111 Å². The monoisotopic (exact) mass is 263 g/mol. The van der Waals surface area contributed by atoms with Gasteiger partial charge in [-0.25, -0.2) is 0 Å². The smallest absolute Gasteiger partial charge is 0.122 e. The maximum atomic E-state index is 5.40. The van der Waals surface area contributed by atoms with E-state index in [4.69, 9.17) is 4.74 Å². The highest BCUT2D eigenvalue weighted by molar-refractivity contribution is 6.99. The summed E-state index contributed by atoms with van der Waals surface area (Å²) in [6.07, 6.45) is 2.65. The van der Waals surface area contributed by atoms with E-state index in [1.807, 2.05) is 19.3 Å². The standard InChI is InChI=1S/C13H17N3OS/c1-9-4-5-13(17-3)10(6-9)7-11(14-2)12-8-15-18-16-12/h4-6,8,11,14H,7H2,1-3H3. The minimum absolute atomic E-state index is 0.166. The van der Waals surface area contributed by atoms with Crippen LogP contribution in [0.5, 0.6) is 5.75 Å². The van der Waals surface area contributed by atoms with Gasteiger partial charge >= 0.3 is 0 Å². The molecule has 18 heavy (non-hydrogen) atoms. The Morgan fingerprint density at radius 2 is 2.28 bits per heavy atom. The first-order valence-electron chi connectivity index (χ1n) is 5.83. The molecule has 0 bridgehead atoms. The summed E-state index contributed by atoms with van der Waals surface area (Å²) in [5.74, 6) is 0.920. The number of aryl methyl sites for hydroxylation is 1. The molecule has 0 radical (unpaired) electrons. The van der Waals surface area contributed by atoms with Crippen molar-refractivity contribution in [3.63, 3.8) is 0 Å². The Bertz CT molecular complexity index is 499. The van der Waals surface area contributed by atoms with Crippen LogP contribution in [-0.4, -0.2) is 22.9 Å². The number of aromatic nitrogens is 2. The first kappa shape index (κ1) is 13.0. The van der Waals surface area contributed by atoms with Crippen LogP contribution in [0.1, 0.15) is 22.9 Å². The Morgan fingerprint density at radius 3 is 2.89 bits per heavy atom. The number of nitrogens with zero attached hydrogens (tertiary/aromatic N) is 2. The molecule has 0 spiro atoms. The number of methoxy groups -OCH3 is 1. The zero-order valence-corrected chi connectivity index (χ0v) is 11.6. The van der Waals surface area contributed by atoms with Gasteiger partial charge < -0.3 is 10.1 Å². The molecule has 1 unspecified atom stereocenters. The van der Waals surface area contributed by atoms with E-state index >= 15 is 0 Å². The molecule has 0 saturated carbocycles. The molecule has 0 saturated heterocycles. The first-order chi connectivity index (χ1) is 8.74. The van der Waals surface area contributed by atoms with Gasteiger partial charge in [-0.2, -0.15) is 8.75 Å². The lowest BCUT2D eigenvalue weighted by atomic mass is 10.0. The molecule has 0 aliphatic rings. The quantitative estimate of drug-likeness (QED) is 0.899. The molecule has 2 aromatic rings. The van der Waals surface area contributed by atoms with Crippen molar-refractivity contribution in [3.8, 4) is 5.75 Å². The number of hydrogen-bond acceptors (Lipinski definition) is 5. The number of hydrogen-bond donors (Lipinski definition) is 1. The summed E-state index contributed by atoms with van der Waals surface area (Å²) in [7, 11) is 3.64. The molecule has 1 heterocycles. The second-order valence-corrected chi connectivity index (χ2v) is 4.75. The SMILES string of the molecule is CNC(Cc1cc(C)ccc1OC)c1cnsn1. The average molecular weight is 263 g/mol. The van der Waals surface area contributed by atoms with Crippen LogP contribution in [0.3, 0.4) is 0 Å². The van der Waals surface area contributed by atoms with Crippen LogP contribution in [0.2, 0.25) is 0 Å². The number of benzene rings is 1. The summed E-state index contributed by atoms with van der Waals surface area (Å²) >= 11 is 1.24. The van der Waals surface area contributed by atoms with Crippen LogP contribution < -0.4 is 10.1 Å². The molecule has 1 atom stereocenters. The minimum atomic E-state index is 0.166. The van der Waals surface area contributed by atoms with E-state index in [-0.39, 0.29) is 6.04 Å². The molecule has 96 valence electrons. The van der Waals surface area contributed by atoms with Gasteiger partial charge in [-0.1, -0.05) is 17.7 Å². The van der Waals surface area contributed by atoms with Gasteiger partial charge in [-0.05, 0) is 32.0 Å². The number of nitrogens with one attached hydrogen (secondary N) is 1. The van der Waals surface area contributed by atoms with E-state index in [2.05, 4.69) is 33.1 Å². The van der Waals surface area contributed by atoms with E-state index in [0.29, 0.717) is 0 Å². The van der Waals surface area contributed by atoms with Crippen molar-refractivity contribution in [2.75, 3.05) is 14.2 Å². The molecule has 0 aliphatic heterocycles. The lowest BCUT2D eigenvalue weighted by Crippen LogP contribution is -2.19. The molecule has 1 N–H and O–H groups in total. The van der Waals surface area contributed by atoms with Gasteiger partial charge in [0.15, 0.2) is 0 Å². The molecule has 2 rings (SSSR count). The van der Waals surface area contributed by atoms with Crippen LogP contribution in [0.25, 0.3) is 0 Å². The van der Waals surface area contributed by atoms with Crippen LogP contribution in [-0.2, 0) is 6.42 Å². The predicted molar refractivity (Wildman–Crippen MR) is 73.1 cm³/mol. The summed E-state index contributed by atoms with van der Waals surface area (Å²) in [4.78, 5) is 0. The van der Waals surface area contributed by atoms with Crippen LogP contribution in [0, 0.1) is 6.92 Å². The van der Waals surface area contributed by atoms with E-state index in [1.165, 1.54) is 22.9 Å². The fourth-order valence-electron chi connectivity index (χ4n) is 1.97. The zero-order valence-electron chi connectivity index (χ0n) is 10.8. The van der Waals surface area contributed by atoms with Crippen LogP contribution in [0.4, 0.5) is 0 Å². The summed E-state index contributed by atoms with van der Waals surface area (Å²) in [6, 6.07) is 6.39. The van der Waals surface area contributed by atoms with Gasteiger partial charge in [-0.3, -0.25) is 0 Å². The van der Waals surface area contributed by atoms with Crippen LogP contribution >= 0.6 is 11.7 Å². The Morgan fingerprint density at radius 1 is 1.44 bits per heavy atom. The van der Waals surface area contributed by atoms with Gasteiger partial charge in [0.2, 0.25) is 0 Å². The largest absolute Gasteiger partial charge is 0.496 e. The molecule has 0 fully saturated rings. The number of likely N-dealkylation sites (N-methyl/N-ethyl adjacent to an activating group) is 1. The zero-order chi connectivity index (χ0) is 13.0. The Kier molecular flexibility index (Phi) is 4.28. The number of ether oxygens (including phenoxy) is 1. The fraction of sp³-hybridized carbons (Fsp3) is 0.385. The van der Waals surface area contributed by atoms with Gasteiger partial charge in [-0.15, -0.1) is 0 Å². The summed E-state index contributed by atoms with van der Waals surface area (Å²) in [5, 5.41) is 3.27. The van der Waals surface area contributed by atoms with E-state index in [9.17, 15) is 0 Å². The normalized spacial score (nSPS) is 12.4. The van der Waals surface area contributed by atoms with Crippen molar-refractivity contribution in [2.45, 2.75) is 19.4 Å². The summed E-state index contributed by atoms with van der Waals surface area (Å²) < 4.78 is 13.7. The van der Waals surface area contributed by atoms with E-state index < -0.39 is 0 Å². The van der Waals surface area contributed by atoms with E-state index in [1.54, 1.807) is 7.11 Å². The second-order valence-electron chi connectivity index (χ2n) is 4.19. The van der Waals surface area contributed by atoms with Gasteiger partial charge in [0.1, 0.15) is 5.75 Å². The van der Waals surface area contributed by atoms with Crippen molar-refractivity contribution in [2.24, 2.45) is 0 Å². The third-order valence-corrected chi connectivity index (χ3v) is 3.44. The molecule has 4 nitrogen and oxygen atoms in total. The Balaban J connectivity index is 2.24. The second kappa shape index (κ2) is 5.93. The summed E-state index contributed by atoms with van der Waals surface area (Å²) in [5.41, 5.74) is 3.40. The molecule has 1 aromatic carbocycles.